The summed E-state index contributed by atoms with van der Waals surface area (Å²) in [5, 5.41) is 4.49. The van der Waals surface area contributed by atoms with Crippen LogP contribution in [0.4, 0.5) is 5.69 Å². The van der Waals surface area contributed by atoms with Crippen molar-refractivity contribution in [3.05, 3.63) is 44.3 Å². The van der Waals surface area contributed by atoms with Gasteiger partial charge in [-0.15, -0.1) is 11.3 Å². The van der Waals surface area contributed by atoms with Crippen molar-refractivity contribution in [1.82, 2.24) is 4.98 Å². The Morgan fingerprint density at radius 1 is 1.53 bits per heavy atom. The number of nitrogens with zero attached hydrogens (tertiary/aromatic N) is 1. The Hall–Kier alpha value is -0.980. The van der Waals surface area contributed by atoms with Crippen LogP contribution in [0.1, 0.15) is 28.4 Å². The van der Waals surface area contributed by atoms with E-state index in [0.29, 0.717) is 4.99 Å². The molecular formula is C13H14BrN3S2. The second kappa shape index (κ2) is 5.98. The third-order valence-corrected chi connectivity index (χ3v) is 4.60. The van der Waals surface area contributed by atoms with Gasteiger partial charge in [-0.1, -0.05) is 12.2 Å². The van der Waals surface area contributed by atoms with E-state index in [1.54, 1.807) is 11.3 Å². The van der Waals surface area contributed by atoms with Crippen LogP contribution in [0.15, 0.2) is 28.9 Å². The van der Waals surface area contributed by atoms with E-state index >= 15 is 0 Å². The summed E-state index contributed by atoms with van der Waals surface area (Å²) in [6.45, 7) is 4.15. The van der Waals surface area contributed by atoms with Crippen molar-refractivity contribution in [2.24, 2.45) is 5.73 Å². The van der Waals surface area contributed by atoms with Gasteiger partial charge in [0.15, 0.2) is 0 Å². The molecule has 0 fully saturated rings. The van der Waals surface area contributed by atoms with E-state index in [9.17, 15) is 0 Å². The van der Waals surface area contributed by atoms with Crippen LogP contribution in [0.5, 0.6) is 0 Å². The molecule has 6 heteroatoms. The summed E-state index contributed by atoms with van der Waals surface area (Å²) in [6.07, 6.45) is 1.89. The fourth-order valence-corrected chi connectivity index (χ4v) is 3.37. The number of aryl methyl sites for hydroxylation is 1. The van der Waals surface area contributed by atoms with E-state index in [0.717, 1.165) is 20.7 Å². The molecule has 100 valence electrons. The number of nitrogens with two attached hydrogens (primary N) is 1. The van der Waals surface area contributed by atoms with E-state index in [1.807, 2.05) is 24.4 Å². The zero-order chi connectivity index (χ0) is 14.0. The van der Waals surface area contributed by atoms with Gasteiger partial charge in [-0.3, -0.25) is 0 Å². The van der Waals surface area contributed by atoms with Crippen molar-refractivity contribution in [1.29, 1.82) is 0 Å². The molecule has 1 atom stereocenters. The van der Waals surface area contributed by atoms with Crippen molar-refractivity contribution in [3.8, 4) is 0 Å². The first-order chi connectivity index (χ1) is 8.97. The highest BCUT2D eigenvalue weighted by atomic mass is 79.9. The predicted molar refractivity (Wildman–Crippen MR) is 88.9 cm³/mol. The Morgan fingerprint density at radius 2 is 2.26 bits per heavy atom. The number of hydrogen-bond acceptors (Lipinski definition) is 4. The van der Waals surface area contributed by atoms with Gasteiger partial charge in [0.1, 0.15) is 10.00 Å². The zero-order valence-corrected chi connectivity index (χ0v) is 13.8. The molecule has 0 aliphatic rings. The molecule has 1 aromatic heterocycles. The summed E-state index contributed by atoms with van der Waals surface area (Å²) >= 11 is 10.2. The Bertz CT molecular complexity index is 610. The average molecular weight is 356 g/mol. The van der Waals surface area contributed by atoms with Crippen LogP contribution in [0, 0.1) is 6.92 Å². The Morgan fingerprint density at radius 3 is 2.79 bits per heavy atom. The quantitative estimate of drug-likeness (QED) is 0.813. The highest BCUT2D eigenvalue weighted by Gasteiger charge is 2.10. The van der Waals surface area contributed by atoms with Crippen LogP contribution in [-0.4, -0.2) is 9.97 Å². The molecule has 2 aromatic rings. The summed E-state index contributed by atoms with van der Waals surface area (Å²) in [7, 11) is 0. The number of thiocarbonyl (C=S) groups is 1. The molecule has 0 saturated heterocycles. The Labute approximate surface area is 130 Å². The van der Waals surface area contributed by atoms with Crippen LogP contribution in [0.3, 0.4) is 0 Å². The lowest BCUT2D eigenvalue weighted by Gasteiger charge is -2.14. The van der Waals surface area contributed by atoms with Gasteiger partial charge in [-0.05, 0) is 48.0 Å². The highest BCUT2D eigenvalue weighted by Crippen LogP contribution is 2.26. The number of halogens is 1. The van der Waals surface area contributed by atoms with Crippen molar-refractivity contribution >= 4 is 50.2 Å². The molecule has 3 N–H and O–H groups in total. The molecular weight excluding hydrogens is 342 g/mol. The molecule has 0 saturated carbocycles. The number of aromatic nitrogens is 1. The molecule has 2 rings (SSSR count). The second-order valence-corrected chi connectivity index (χ2v) is 6.79. The lowest BCUT2D eigenvalue weighted by molar-refractivity contribution is 0.869. The van der Waals surface area contributed by atoms with E-state index in [-0.39, 0.29) is 6.04 Å². The van der Waals surface area contributed by atoms with Gasteiger partial charge in [0.05, 0.1) is 6.04 Å². The fourth-order valence-electron chi connectivity index (χ4n) is 1.69. The molecule has 0 spiro atoms. The minimum absolute atomic E-state index is 0.168. The molecule has 3 nitrogen and oxygen atoms in total. The van der Waals surface area contributed by atoms with E-state index in [2.05, 4.69) is 40.1 Å². The maximum Gasteiger partial charge on any atom is 0.115 e. The van der Waals surface area contributed by atoms with E-state index in [4.69, 9.17) is 18.0 Å². The topological polar surface area (TPSA) is 50.9 Å². The summed E-state index contributed by atoms with van der Waals surface area (Å²) < 4.78 is 0.896. The lowest BCUT2D eigenvalue weighted by atomic mass is 10.2. The average Bonchev–Trinajstić information content (AvgIpc) is 2.75. The fraction of sp³-hybridized carbons (Fsp3) is 0.231. The van der Waals surface area contributed by atoms with Gasteiger partial charge in [-0.25, -0.2) is 4.98 Å². The SMILES string of the molecule is Cc1cnc(C(C)Nc2ccc(C(N)=S)c(Br)c2)s1. The summed E-state index contributed by atoms with van der Waals surface area (Å²) in [4.78, 5) is 5.99. The van der Waals surface area contributed by atoms with Gasteiger partial charge in [0.25, 0.3) is 0 Å². The molecule has 0 bridgehead atoms. The number of nitrogens with one attached hydrogen (secondary N) is 1. The predicted octanol–water partition coefficient (Wildman–Crippen LogP) is 4.02. The first kappa shape index (κ1) is 14.4. The smallest absolute Gasteiger partial charge is 0.115 e. The van der Waals surface area contributed by atoms with Crippen LogP contribution < -0.4 is 11.1 Å². The van der Waals surface area contributed by atoms with Gasteiger partial charge >= 0.3 is 0 Å². The first-order valence-electron chi connectivity index (χ1n) is 5.75. The standard InChI is InChI=1S/C13H14BrN3S2/c1-7-6-16-13(19-7)8(2)17-9-3-4-10(12(15)18)11(14)5-9/h3-6,8,17H,1-2H3,(H2,15,18). The van der Waals surface area contributed by atoms with Crippen LogP contribution in [0.25, 0.3) is 0 Å². The van der Waals surface area contributed by atoms with Crippen molar-refractivity contribution < 1.29 is 0 Å². The first-order valence-corrected chi connectivity index (χ1v) is 7.77. The van der Waals surface area contributed by atoms with Gasteiger partial charge in [-0.2, -0.15) is 0 Å². The molecule has 19 heavy (non-hydrogen) atoms. The van der Waals surface area contributed by atoms with Gasteiger partial charge < -0.3 is 11.1 Å². The highest BCUT2D eigenvalue weighted by molar-refractivity contribution is 9.10. The minimum atomic E-state index is 0.168. The monoisotopic (exact) mass is 355 g/mol. The number of rotatable bonds is 4. The maximum atomic E-state index is 5.63. The van der Waals surface area contributed by atoms with E-state index in [1.165, 1.54) is 4.88 Å². The van der Waals surface area contributed by atoms with Crippen LogP contribution >= 0.6 is 39.5 Å². The third kappa shape index (κ3) is 3.52. The van der Waals surface area contributed by atoms with Crippen LogP contribution in [-0.2, 0) is 0 Å². The summed E-state index contributed by atoms with van der Waals surface area (Å²) in [5.74, 6) is 0. The molecule has 1 unspecified atom stereocenters. The number of anilines is 1. The Kier molecular flexibility index (Phi) is 4.54. The maximum absolute atomic E-state index is 5.63. The lowest BCUT2D eigenvalue weighted by Crippen LogP contribution is -2.11. The summed E-state index contributed by atoms with van der Waals surface area (Å²) in [5.41, 5.74) is 7.48. The molecule has 1 aromatic carbocycles. The van der Waals surface area contributed by atoms with Crippen molar-refractivity contribution in [3.63, 3.8) is 0 Å². The number of hydrogen-bond donors (Lipinski definition) is 2. The normalized spacial score (nSPS) is 12.2. The minimum Gasteiger partial charge on any atom is -0.389 e. The molecule has 0 aliphatic carbocycles. The number of thiazole rings is 1. The third-order valence-electron chi connectivity index (χ3n) is 2.63. The van der Waals surface area contributed by atoms with Crippen molar-refractivity contribution in [2.45, 2.75) is 19.9 Å². The molecule has 0 aliphatic heterocycles. The van der Waals surface area contributed by atoms with Crippen LogP contribution in [0.2, 0.25) is 0 Å². The second-order valence-electron chi connectivity index (χ2n) is 4.23. The van der Waals surface area contributed by atoms with E-state index < -0.39 is 0 Å². The number of benzene rings is 1. The molecule has 0 amide bonds. The largest absolute Gasteiger partial charge is 0.389 e. The van der Waals surface area contributed by atoms with Gasteiger partial charge in [0, 0.05) is 26.8 Å². The zero-order valence-electron chi connectivity index (χ0n) is 10.6. The van der Waals surface area contributed by atoms with Crippen molar-refractivity contribution in [2.75, 3.05) is 5.32 Å². The molecule has 1 heterocycles. The van der Waals surface area contributed by atoms with Gasteiger partial charge in [0.2, 0.25) is 0 Å². The summed E-state index contributed by atoms with van der Waals surface area (Å²) in [6, 6.07) is 6.03. The molecule has 0 radical (unpaired) electrons. The Balaban J connectivity index is 2.15.